The van der Waals surface area contributed by atoms with Crippen molar-refractivity contribution >= 4 is 5.91 Å². The van der Waals surface area contributed by atoms with Crippen LogP contribution in [-0.4, -0.2) is 20.7 Å². The summed E-state index contributed by atoms with van der Waals surface area (Å²) >= 11 is 0. The normalized spacial score (nSPS) is 10.9. The summed E-state index contributed by atoms with van der Waals surface area (Å²) in [7, 11) is 0. The van der Waals surface area contributed by atoms with Gasteiger partial charge in [0.2, 0.25) is 0 Å². The lowest BCUT2D eigenvalue weighted by Crippen LogP contribution is -2.25. The van der Waals surface area contributed by atoms with Crippen LogP contribution < -0.4 is 5.32 Å². The van der Waals surface area contributed by atoms with Crippen molar-refractivity contribution in [3.8, 4) is 17.1 Å². The van der Waals surface area contributed by atoms with Crippen molar-refractivity contribution in [2.45, 2.75) is 27.3 Å². The standard InChI is InChI=1S/C23H22N4O2/c1-15-4-6-20(16(2)12-15)27-21(13-19(26-27)22-7-5-17(3)29-22)23(28)25-14-18-8-10-24-11-9-18/h4-13H,14H2,1-3H3,(H,25,28). The average Bonchev–Trinajstić information content (AvgIpc) is 3.33. The van der Waals surface area contributed by atoms with Crippen molar-refractivity contribution in [3.63, 3.8) is 0 Å². The number of hydrogen-bond donors (Lipinski definition) is 1. The van der Waals surface area contributed by atoms with Gasteiger partial charge in [0.15, 0.2) is 5.76 Å². The van der Waals surface area contributed by atoms with E-state index in [4.69, 9.17) is 4.42 Å². The Kier molecular flexibility index (Phi) is 4.99. The monoisotopic (exact) mass is 386 g/mol. The number of rotatable bonds is 5. The highest BCUT2D eigenvalue weighted by Gasteiger charge is 2.20. The van der Waals surface area contributed by atoms with E-state index >= 15 is 0 Å². The van der Waals surface area contributed by atoms with Gasteiger partial charge in [-0.1, -0.05) is 17.7 Å². The summed E-state index contributed by atoms with van der Waals surface area (Å²) in [6.45, 7) is 6.35. The smallest absolute Gasteiger partial charge is 0.270 e. The van der Waals surface area contributed by atoms with E-state index in [2.05, 4.69) is 21.5 Å². The highest BCUT2D eigenvalue weighted by molar-refractivity contribution is 5.94. The molecule has 0 saturated heterocycles. The number of amides is 1. The van der Waals surface area contributed by atoms with Crippen LogP contribution in [0.15, 0.2) is 65.3 Å². The molecule has 3 heterocycles. The molecule has 0 aliphatic rings. The third kappa shape index (κ3) is 3.96. The zero-order valence-corrected chi connectivity index (χ0v) is 16.6. The molecule has 29 heavy (non-hydrogen) atoms. The lowest BCUT2D eigenvalue weighted by molar-refractivity contribution is 0.0943. The Morgan fingerprint density at radius 2 is 1.83 bits per heavy atom. The van der Waals surface area contributed by atoms with Gasteiger partial charge in [-0.15, -0.1) is 0 Å². The van der Waals surface area contributed by atoms with Gasteiger partial charge in [0, 0.05) is 25.0 Å². The van der Waals surface area contributed by atoms with E-state index in [-0.39, 0.29) is 5.91 Å². The molecule has 0 saturated carbocycles. The summed E-state index contributed by atoms with van der Waals surface area (Å²) < 4.78 is 7.40. The number of aryl methyl sites for hydroxylation is 3. The summed E-state index contributed by atoms with van der Waals surface area (Å²) in [5.41, 5.74) is 5.11. The van der Waals surface area contributed by atoms with Crippen LogP contribution in [0.3, 0.4) is 0 Å². The number of nitrogens with zero attached hydrogens (tertiary/aromatic N) is 3. The Hall–Kier alpha value is -3.67. The van der Waals surface area contributed by atoms with Gasteiger partial charge in [0.25, 0.3) is 5.91 Å². The second-order valence-electron chi connectivity index (χ2n) is 7.06. The van der Waals surface area contributed by atoms with Gasteiger partial charge in [-0.2, -0.15) is 5.10 Å². The number of carbonyl (C=O) groups excluding carboxylic acids is 1. The van der Waals surface area contributed by atoms with E-state index in [9.17, 15) is 4.79 Å². The second kappa shape index (κ2) is 7.75. The number of benzene rings is 1. The maximum absolute atomic E-state index is 13.0. The largest absolute Gasteiger partial charge is 0.460 e. The van der Waals surface area contributed by atoms with Crippen molar-refractivity contribution < 1.29 is 9.21 Å². The molecule has 0 aliphatic carbocycles. The Morgan fingerprint density at radius 1 is 1.03 bits per heavy atom. The zero-order chi connectivity index (χ0) is 20.4. The van der Waals surface area contributed by atoms with Crippen LogP contribution in [0, 0.1) is 20.8 Å². The molecule has 4 rings (SSSR count). The lowest BCUT2D eigenvalue weighted by atomic mass is 10.1. The van der Waals surface area contributed by atoms with Crippen LogP contribution >= 0.6 is 0 Å². The summed E-state index contributed by atoms with van der Waals surface area (Å²) in [6, 6.07) is 15.3. The number of pyridine rings is 1. The molecular formula is C23H22N4O2. The van der Waals surface area contributed by atoms with Gasteiger partial charge in [0.1, 0.15) is 17.1 Å². The number of aromatic nitrogens is 3. The third-order valence-corrected chi connectivity index (χ3v) is 4.72. The first-order valence-corrected chi connectivity index (χ1v) is 9.43. The van der Waals surface area contributed by atoms with Gasteiger partial charge in [0.05, 0.1) is 5.69 Å². The first-order chi connectivity index (χ1) is 14.0. The molecule has 0 spiro atoms. The van der Waals surface area contributed by atoms with Crippen LogP contribution in [0.25, 0.3) is 17.1 Å². The molecule has 0 atom stereocenters. The molecule has 1 N–H and O–H groups in total. The maximum atomic E-state index is 13.0. The molecule has 6 heteroatoms. The number of furan rings is 1. The topological polar surface area (TPSA) is 73.0 Å². The molecule has 6 nitrogen and oxygen atoms in total. The summed E-state index contributed by atoms with van der Waals surface area (Å²) in [5, 5.41) is 7.65. The third-order valence-electron chi connectivity index (χ3n) is 4.72. The minimum absolute atomic E-state index is 0.205. The first-order valence-electron chi connectivity index (χ1n) is 9.43. The highest BCUT2D eigenvalue weighted by Crippen LogP contribution is 2.25. The van der Waals surface area contributed by atoms with Crippen molar-refractivity contribution in [3.05, 3.63) is 89.1 Å². The molecule has 0 aliphatic heterocycles. The molecule has 146 valence electrons. The Morgan fingerprint density at radius 3 is 2.52 bits per heavy atom. The van der Waals surface area contributed by atoms with Crippen molar-refractivity contribution in [2.75, 3.05) is 0 Å². The minimum atomic E-state index is -0.205. The van der Waals surface area contributed by atoms with E-state index in [1.165, 1.54) is 0 Å². The molecule has 0 bridgehead atoms. The Labute approximate surface area is 169 Å². The van der Waals surface area contributed by atoms with Crippen LogP contribution in [-0.2, 0) is 6.54 Å². The number of hydrogen-bond acceptors (Lipinski definition) is 4. The lowest BCUT2D eigenvalue weighted by Gasteiger charge is -2.11. The quantitative estimate of drug-likeness (QED) is 0.552. The van der Waals surface area contributed by atoms with E-state index in [1.807, 2.05) is 57.2 Å². The average molecular weight is 386 g/mol. The maximum Gasteiger partial charge on any atom is 0.270 e. The van der Waals surface area contributed by atoms with Gasteiger partial charge in [-0.05, 0) is 62.2 Å². The Bertz CT molecular complexity index is 1160. The van der Waals surface area contributed by atoms with Crippen molar-refractivity contribution in [1.82, 2.24) is 20.1 Å². The molecule has 3 aromatic heterocycles. The van der Waals surface area contributed by atoms with Gasteiger partial charge < -0.3 is 9.73 Å². The SMILES string of the molecule is Cc1ccc(-n2nc(-c3ccc(C)o3)cc2C(=O)NCc2ccncc2)c(C)c1. The van der Waals surface area contributed by atoms with Crippen molar-refractivity contribution in [2.24, 2.45) is 0 Å². The molecule has 0 unspecified atom stereocenters. The van der Waals surface area contributed by atoms with E-state index in [0.717, 1.165) is 28.1 Å². The molecule has 1 amide bonds. The van der Waals surface area contributed by atoms with Crippen molar-refractivity contribution in [1.29, 1.82) is 0 Å². The number of carbonyl (C=O) groups is 1. The molecule has 1 aromatic carbocycles. The van der Waals surface area contributed by atoms with Crippen LogP contribution in [0.4, 0.5) is 0 Å². The van der Waals surface area contributed by atoms with E-state index in [1.54, 1.807) is 23.1 Å². The molecule has 0 fully saturated rings. The van der Waals surface area contributed by atoms with Gasteiger partial charge in [-0.25, -0.2) is 4.68 Å². The predicted octanol–water partition coefficient (Wildman–Crippen LogP) is 4.38. The van der Waals surface area contributed by atoms with E-state index < -0.39 is 0 Å². The molecule has 4 aromatic rings. The number of nitrogens with one attached hydrogen (secondary N) is 1. The van der Waals surface area contributed by atoms with E-state index in [0.29, 0.717) is 23.7 Å². The van der Waals surface area contributed by atoms with Crippen LogP contribution in [0.2, 0.25) is 0 Å². The predicted molar refractivity (Wildman–Crippen MR) is 111 cm³/mol. The fraction of sp³-hybridized carbons (Fsp3) is 0.174. The Balaban J connectivity index is 1.72. The molecule has 0 radical (unpaired) electrons. The van der Waals surface area contributed by atoms with Gasteiger partial charge >= 0.3 is 0 Å². The second-order valence-corrected chi connectivity index (χ2v) is 7.06. The van der Waals surface area contributed by atoms with Gasteiger partial charge in [-0.3, -0.25) is 9.78 Å². The first kappa shape index (κ1) is 18.7. The summed E-state index contributed by atoms with van der Waals surface area (Å²) in [6.07, 6.45) is 3.41. The minimum Gasteiger partial charge on any atom is -0.460 e. The summed E-state index contributed by atoms with van der Waals surface area (Å²) in [4.78, 5) is 17.0. The highest BCUT2D eigenvalue weighted by atomic mass is 16.3. The molecular weight excluding hydrogens is 364 g/mol. The fourth-order valence-electron chi connectivity index (χ4n) is 3.24. The van der Waals surface area contributed by atoms with Crippen LogP contribution in [0.5, 0.6) is 0 Å². The fourth-order valence-corrected chi connectivity index (χ4v) is 3.24. The summed E-state index contributed by atoms with van der Waals surface area (Å²) in [5.74, 6) is 1.22. The van der Waals surface area contributed by atoms with Crippen LogP contribution in [0.1, 0.15) is 32.9 Å². The zero-order valence-electron chi connectivity index (χ0n) is 16.6.